The third-order valence-electron chi connectivity index (χ3n) is 2.80. The third kappa shape index (κ3) is 6.22. The summed E-state index contributed by atoms with van der Waals surface area (Å²) in [5, 5.41) is 13.0. The van der Waals surface area contributed by atoms with E-state index >= 15 is 0 Å². The quantitative estimate of drug-likeness (QED) is 0.669. The lowest BCUT2D eigenvalue weighted by Crippen LogP contribution is -2.23. The summed E-state index contributed by atoms with van der Waals surface area (Å²) in [5.74, 6) is 1.23. The number of nitrogens with one attached hydrogen (secondary N) is 1. The van der Waals surface area contributed by atoms with Gasteiger partial charge in [0.05, 0.1) is 18.2 Å². The van der Waals surface area contributed by atoms with E-state index in [4.69, 9.17) is 14.2 Å². The highest BCUT2D eigenvalue weighted by molar-refractivity contribution is 9.10. The molecule has 1 rings (SSSR count). The Bertz CT molecular complexity index is 428. The van der Waals surface area contributed by atoms with Crippen LogP contribution in [0.5, 0.6) is 11.5 Å². The molecule has 0 aliphatic rings. The van der Waals surface area contributed by atoms with Crippen molar-refractivity contribution in [1.82, 2.24) is 5.32 Å². The SMILES string of the molecule is CCNCc1cc(Br)c(OCC(O)COCC)c(OC)c1. The predicted molar refractivity (Wildman–Crippen MR) is 86.1 cm³/mol. The summed E-state index contributed by atoms with van der Waals surface area (Å²) in [6.07, 6.45) is -0.664. The fourth-order valence-corrected chi connectivity index (χ4v) is 2.37. The Balaban J connectivity index is 2.72. The minimum Gasteiger partial charge on any atom is -0.493 e. The molecule has 6 heteroatoms. The molecule has 2 N–H and O–H groups in total. The van der Waals surface area contributed by atoms with E-state index in [2.05, 4.69) is 28.2 Å². The van der Waals surface area contributed by atoms with Crippen LogP contribution in [0.1, 0.15) is 19.4 Å². The predicted octanol–water partition coefficient (Wildman–Crippen LogP) is 2.34. The van der Waals surface area contributed by atoms with Gasteiger partial charge in [-0.2, -0.15) is 0 Å². The van der Waals surface area contributed by atoms with Crippen LogP contribution in [0.2, 0.25) is 0 Å². The lowest BCUT2D eigenvalue weighted by molar-refractivity contribution is 0.0158. The minimum atomic E-state index is -0.664. The van der Waals surface area contributed by atoms with Gasteiger partial charge in [-0.15, -0.1) is 0 Å². The first-order valence-electron chi connectivity index (χ1n) is 7.08. The van der Waals surface area contributed by atoms with Gasteiger partial charge in [0.15, 0.2) is 11.5 Å². The van der Waals surface area contributed by atoms with Crippen LogP contribution < -0.4 is 14.8 Å². The van der Waals surface area contributed by atoms with E-state index in [1.165, 1.54) is 0 Å². The number of hydrogen-bond donors (Lipinski definition) is 2. The van der Waals surface area contributed by atoms with Crippen molar-refractivity contribution >= 4 is 15.9 Å². The van der Waals surface area contributed by atoms with Crippen molar-refractivity contribution in [2.24, 2.45) is 0 Å². The standard InChI is InChI=1S/C15H24BrNO4/c1-4-17-8-11-6-13(16)15(14(7-11)19-3)21-10-12(18)9-20-5-2/h6-7,12,17-18H,4-5,8-10H2,1-3H3. The molecule has 0 aliphatic heterocycles. The average molecular weight is 362 g/mol. The lowest BCUT2D eigenvalue weighted by Gasteiger charge is -2.17. The van der Waals surface area contributed by atoms with E-state index < -0.39 is 6.10 Å². The maximum atomic E-state index is 9.75. The monoisotopic (exact) mass is 361 g/mol. The maximum absolute atomic E-state index is 9.75. The van der Waals surface area contributed by atoms with Crippen molar-refractivity contribution in [1.29, 1.82) is 0 Å². The Kier molecular flexibility index (Phi) is 8.68. The Hall–Kier alpha value is -0.820. The Labute approximate surface area is 134 Å². The number of aliphatic hydroxyl groups excluding tert-OH is 1. The summed E-state index contributed by atoms with van der Waals surface area (Å²) in [6.45, 7) is 6.60. The number of benzene rings is 1. The second-order valence-electron chi connectivity index (χ2n) is 4.51. The van der Waals surface area contributed by atoms with Crippen molar-refractivity contribution in [3.05, 3.63) is 22.2 Å². The summed E-state index contributed by atoms with van der Waals surface area (Å²) in [4.78, 5) is 0. The molecule has 0 spiro atoms. The van der Waals surface area contributed by atoms with Gasteiger partial charge in [-0.25, -0.2) is 0 Å². The van der Waals surface area contributed by atoms with Gasteiger partial charge in [0, 0.05) is 13.2 Å². The minimum absolute atomic E-state index is 0.154. The molecule has 1 aromatic rings. The summed E-state index contributed by atoms with van der Waals surface area (Å²) in [5.41, 5.74) is 1.10. The van der Waals surface area contributed by atoms with Gasteiger partial charge < -0.3 is 24.6 Å². The van der Waals surface area contributed by atoms with E-state index in [1.807, 2.05) is 19.1 Å². The topological polar surface area (TPSA) is 60.0 Å². The van der Waals surface area contributed by atoms with E-state index in [0.717, 1.165) is 23.1 Å². The van der Waals surface area contributed by atoms with Gasteiger partial charge in [-0.05, 0) is 47.1 Å². The second-order valence-corrected chi connectivity index (χ2v) is 5.37. The van der Waals surface area contributed by atoms with Crippen molar-refractivity contribution in [2.75, 3.05) is 33.5 Å². The smallest absolute Gasteiger partial charge is 0.175 e. The van der Waals surface area contributed by atoms with E-state index in [-0.39, 0.29) is 13.2 Å². The maximum Gasteiger partial charge on any atom is 0.175 e. The molecule has 0 bridgehead atoms. The Morgan fingerprint density at radius 1 is 1.29 bits per heavy atom. The molecule has 1 unspecified atom stereocenters. The fraction of sp³-hybridized carbons (Fsp3) is 0.600. The molecule has 0 radical (unpaired) electrons. The molecular weight excluding hydrogens is 338 g/mol. The van der Waals surface area contributed by atoms with Crippen LogP contribution in [0, 0.1) is 0 Å². The zero-order valence-electron chi connectivity index (χ0n) is 12.8. The highest BCUT2D eigenvalue weighted by Crippen LogP contribution is 2.36. The van der Waals surface area contributed by atoms with Crippen molar-refractivity contribution in [2.45, 2.75) is 26.5 Å². The summed E-state index contributed by atoms with van der Waals surface area (Å²) < 4.78 is 17.0. The molecular formula is C15H24BrNO4. The molecule has 5 nitrogen and oxygen atoms in total. The zero-order chi connectivity index (χ0) is 15.7. The highest BCUT2D eigenvalue weighted by atomic mass is 79.9. The van der Waals surface area contributed by atoms with Gasteiger partial charge >= 0.3 is 0 Å². The van der Waals surface area contributed by atoms with Crippen LogP contribution in [-0.4, -0.2) is 44.7 Å². The van der Waals surface area contributed by atoms with Gasteiger partial charge in [-0.3, -0.25) is 0 Å². The molecule has 21 heavy (non-hydrogen) atoms. The second kappa shape index (κ2) is 10.00. The molecule has 1 aromatic carbocycles. The van der Waals surface area contributed by atoms with Crippen LogP contribution in [0.15, 0.2) is 16.6 Å². The van der Waals surface area contributed by atoms with Crippen LogP contribution >= 0.6 is 15.9 Å². The Morgan fingerprint density at radius 3 is 2.67 bits per heavy atom. The van der Waals surface area contributed by atoms with E-state index in [1.54, 1.807) is 7.11 Å². The van der Waals surface area contributed by atoms with Crippen LogP contribution in [-0.2, 0) is 11.3 Å². The fourth-order valence-electron chi connectivity index (χ4n) is 1.77. The summed E-state index contributed by atoms with van der Waals surface area (Å²) in [6, 6.07) is 3.91. The van der Waals surface area contributed by atoms with Crippen LogP contribution in [0.3, 0.4) is 0 Å². The first-order valence-corrected chi connectivity index (χ1v) is 7.87. The first kappa shape index (κ1) is 18.2. The van der Waals surface area contributed by atoms with Gasteiger partial charge in [-0.1, -0.05) is 6.92 Å². The highest BCUT2D eigenvalue weighted by Gasteiger charge is 2.14. The molecule has 0 saturated carbocycles. The zero-order valence-corrected chi connectivity index (χ0v) is 14.4. The first-order chi connectivity index (χ1) is 10.1. The number of halogens is 1. The molecule has 0 amide bonds. The lowest BCUT2D eigenvalue weighted by atomic mass is 10.2. The van der Waals surface area contributed by atoms with E-state index in [0.29, 0.717) is 18.1 Å². The number of ether oxygens (including phenoxy) is 3. The molecule has 1 atom stereocenters. The summed E-state index contributed by atoms with van der Waals surface area (Å²) in [7, 11) is 1.60. The van der Waals surface area contributed by atoms with E-state index in [9.17, 15) is 5.11 Å². The number of rotatable bonds is 10. The molecule has 0 aliphatic carbocycles. The van der Waals surface area contributed by atoms with Gasteiger partial charge in [0.2, 0.25) is 0 Å². The number of methoxy groups -OCH3 is 1. The number of aliphatic hydroxyl groups is 1. The van der Waals surface area contributed by atoms with Gasteiger partial charge in [0.25, 0.3) is 0 Å². The average Bonchev–Trinajstić information content (AvgIpc) is 2.49. The van der Waals surface area contributed by atoms with Crippen molar-refractivity contribution < 1.29 is 19.3 Å². The molecule has 0 aromatic heterocycles. The normalized spacial score (nSPS) is 12.2. The number of hydrogen-bond acceptors (Lipinski definition) is 5. The van der Waals surface area contributed by atoms with Gasteiger partial charge in [0.1, 0.15) is 12.7 Å². The molecule has 0 heterocycles. The van der Waals surface area contributed by atoms with Crippen LogP contribution in [0.4, 0.5) is 0 Å². The molecule has 120 valence electrons. The Morgan fingerprint density at radius 2 is 2.05 bits per heavy atom. The molecule has 0 fully saturated rings. The summed E-state index contributed by atoms with van der Waals surface area (Å²) >= 11 is 3.49. The largest absolute Gasteiger partial charge is 0.493 e. The van der Waals surface area contributed by atoms with Crippen molar-refractivity contribution in [3.63, 3.8) is 0 Å². The van der Waals surface area contributed by atoms with Crippen LogP contribution in [0.25, 0.3) is 0 Å². The molecule has 0 saturated heterocycles. The third-order valence-corrected chi connectivity index (χ3v) is 3.39. The van der Waals surface area contributed by atoms with Crippen molar-refractivity contribution in [3.8, 4) is 11.5 Å².